The predicted octanol–water partition coefficient (Wildman–Crippen LogP) is 3.96. The normalized spacial score (nSPS) is 12.3. The highest BCUT2D eigenvalue weighted by molar-refractivity contribution is 5.90. The minimum absolute atomic E-state index is 0.0597. The molecule has 0 radical (unpaired) electrons. The third kappa shape index (κ3) is 4.80. The lowest BCUT2D eigenvalue weighted by molar-refractivity contribution is -0.136. The molecule has 0 aromatic heterocycles. The maximum atomic E-state index is 12.9. The van der Waals surface area contributed by atoms with Crippen molar-refractivity contribution >= 4 is 11.7 Å². The fourth-order valence-electron chi connectivity index (χ4n) is 1.94. The number of amides is 2. The van der Waals surface area contributed by atoms with Crippen LogP contribution in [0.4, 0.5) is 23.7 Å². The van der Waals surface area contributed by atoms with E-state index in [9.17, 15) is 18.0 Å². The van der Waals surface area contributed by atoms with Crippen molar-refractivity contribution in [1.82, 2.24) is 5.32 Å². The van der Waals surface area contributed by atoms with E-state index in [1.807, 2.05) is 0 Å². The van der Waals surface area contributed by atoms with E-state index in [0.717, 1.165) is 12.1 Å². The molecule has 0 aliphatic carbocycles. The van der Waals surface area contributed by atoms with Gasteiger partial charge in [-0.25, -0.2) is 4.79 Å². The molecule has 0 saturated heterocycles. The molecule has 0 fully saturated rings. The number of ether oxygens (including phenoxy) is 1. The van der Waals surface area contributed by atoms with E-state index in [0.29, 0.717) is 5.75 Å². The zero-order valence-electron chi connectivity index (χ0n) is 12.6. The maximum Gasteiger partial charge on any atom is 0.418 e. The van der Waals surface area contributed by atoms with Crippen molar-refractivity contribution in [2.75, 3.05) is 5.32 Å². The summed E-state index contributed by atoms with van der Waals surface area (Å²) in [6.45, 7) is 1.52. The second-order valence-electron chi connectivity index (χ2n) is 4.90. The summed E-state index contributed by atoms with van der Waals surface area (Å²) >= 11 is 0. The molecule has 0 heterocycles. The van der Waals surface area contributed by atoms with Crippen molar-refractivity contribution < 1.29 is 27.8 Å². The van der Waals surface area contributed by atoms with Gasteiger partial charge in [0, 0.05) is 0 Å². The molecule has 1 atom stereocenters. The minimum atomic E-state index is -4.57. The van der Waals surface area contributed by atoms with Crippen LogP contribution < -0.4 is 15.4 Å². The van der Waals surface area contributed by atoms with Crippen LogP contribution in [0.25, 0.3) is 0 Å². The summed E-state index contributed by atoms with van der Waals surface area (Å²) in [5.41, 5.74) is -1.29. The standard InChI is InChI=1S/C16H15F3N2O3/c1-10(24-12-8-6-11(22)7-9-12)20-15(23)21-14-5-3-2-4-13(14)16(17,18)19/h2-10,22H,1H3,(H2,20,21,23). The van der Waals surface area contributed by atoms with Gasteiger partial charge in [-0.3, -0.25) is 0 Å². The zero-order chi connectivity index (χ0) is 17.7. The van der Waals surface area contributed by atoms with E-state index in [1.54, 1.807) is 0 Å². The average Bonchev–Trinajstić information content (AvgIpc) is 2.49. The van der Waals surface area contributed by atoms with Crippen LogP contribution in [-0.2, 0) is 6.18 Å². The lowest BCUT2D eigenvalue weighted by Gasteiger charge is -2.18. The molecule has 0 aliphatic rings. The Morgan fingerprint density at radius 3 is 2.38 bits per heavy atom. The Balaban J connectivity index is 1.97. The molecule has 2 amide bonds. The lowest BCUT2D eigenvalue weighted by atomic mass is 10.1. The molecule has 8 heteroatoms. The molecule has 2 aromatic carbocycles. The minimum Gasteiger partial charge on any atom is -0.508 e. The number of hydrogen-bond acceptors (Lipinski definition) is 3. The van der Waals surface area contributed by atoms with Gasteiger partial charge in [-0.15, -0.1) is 0 Å². The highest BCUT2D eigenvalue weighted by atomic mass is 19.4. The van der Waals surface area contributed by atoms with Crippen LogP contribution in [0.2, 0.25) is 0 Å². The first-order chi connectivity index (χ1) is 11.3. The number of carbonyl (C=O) groups is 1. The lowest BCUT2D eigenvalue weighted by Crippen LogP contribution is -2.39. The molecule has 24 heavy (non-hydrogen) atoms. The monoisotopic (exact) mass is 340 g/mol. The summed E-state index contributed by atoms with van der Waals surface area (Å²) in [6.07, 6.45) is -5.37. The smallest absolute Gasteiger partial charge is 0.418 e. The number of anilines is 1. The van der Waals surface area contributed by atoms with Gasteiger partial charge in [0.1, 0.15) is 11.5 Å². The quantitative estimate of drug-likeness (QED) is 0.738. The van der Waals surface area contributed by atoms with Crippen molar-refractivity contribution in [3.8, 4) is 11.5 Å². The first-order valence-electron chi connectivity index (χ1n) is 6.95. The van der Waals surface area contributed by atoms with Crippen molar-refractivity contribution in [2.45, 2.75) is 19.3 Å². The number of nitrogens with one attached hydrogen (secondary N) is 2. The highest BCUT2D eigenvalue weighted by Gasteiger charge is 2.33. The Morgan fingerprint density at radius 1 is 1.12 bits per heavy atom. The van der Waals surface area contributed by atoms with Crippen LogP contribution in [0.5, 0.6) is 11.5 Å². The van der Waals surface area contributed by atoms with Crippen LogP contribution in [0.1, 0.15) is 12.5 Å². The number of rotatable bonds is 4. The highest BCUT2D eigenvalue weighted by Crippen LogP contribution is 2.34. The molecular formula is C16H15F3N2O3. The molecule has 2 aromatic rings. The van der Waals surface area contributed by atoms with E-state index >= 15 is 0 Å². The third-order valence-corrected chi connectivity index (χ3v) is 2.96. The van der Waals surface area contributed by atoms with E-state index in [-0.39, 0.29) is 11.4 Å². The van der Waals surface area contributed by atoms with Crippen LogP contribution >= 0.6 is 0 Å². The van der Waals surface area contributed by atoms with Gasteiger partial charge in [-0.05, 0) is 43.3 Å². The van der Waals surface area contributed by atoms with Crippen molar-refractivity contribution in [3.05, 3.63) is 54.1 Å². The Kier molecular flexibility index (Phi) is 5.18. The van der Waals surface area contributed by atoms with Crippen LogP contribution in [0, 0.1) is 0 Å². The van der Waals surface area contributed by atoms with Crippen molar-refractivity contribution in [3.63, 3.8) is 0 Å². The van der Waals surface area contributed by atoms with Crippen molar-refractivity contribution in [2.24, 2.45) is 0 Å². The molecule has 5 nitrogen and oxygen atoms in total. The van der Waals surface area contributed by atoms with Crippen LogP contribution in [0.3, 0.4) is 0 Å². The number of para-hydroxylation sites is 1. The number of benzene rings is 2. The molecule has 0 bridgehead atoms. The second kappa shape index (κ2) is 7.12. The number of phenols is 1. The molecule has 0 spiro atoms. The maximum absolute atomic E-state index is 12.9. The summed E-state index contributed by atoms with van der Waals surface area (Å²) < 4.78 is 44.0. The first kappa shape index (κ1) is 17.5. The van der Waals surface area contributed by atoms with Gasteiger partial charge in [0.2, 0.25) is 0 Å². The van der Waals surface area contributed by atoms with Gasteiger partial charge in [-0.1, -0.05) is 12.1 Å². The topological polar surface area (TPSA) is 70.6 Å². The Hall–Kier alpha value is -2.90. The number of hydrogen-bond donors (Lipinski definition) is 3. The Labute approximate surface area is 136 Å². The zero-order valence-corrected chi connectivity index (χ0v) is 12.6. The SMILES string of the molecule is CC(NC(=O)Nc1ccccc1C(F)(F)F)Oc1ccc(O)cc1. The number of urea groups is 1. The predicted molar refractivity (Wildman–Crippen MR) is 81.8 cm³/mol. The molecular weight excluding hydrogens is 325 g/mol. The molecule has 0 saturated carbocycles. The summed E-state index contributed by atoms with van der Waals surface area (Å²) in [5.74, 6) is 0.445. The molecule has 0 aliphatic heterocycles. The largest absolute Gasteiger partial charge is 0.508 e. The number of phenolic OH excluding ortho intramolecular Hbond substituents is 1. The number of halogens is 3. The fourth-order valence-corrected chi connectivity index (χ4v) is 1.94. The number of carbonyl (C=O) groups excluding carboxylic acids is 1. The summed E-state index contributed by atoms with van der Waals surface area (Å²) in [6, 6.07) is 9.62. The Bertz CT molecular complexity index is 702. The van der Waals surface area contributed by atoms with Crippen LogP contribution in [0.15, 0.2) is 48.5 Å². The summed E-state index contributed by atoms with van der Waals surface area (Å²) in [5, 5.41) is 13.7. The molecule has 3 N–H and O–H groups in total. The van der Waals surface area contributed by atoms with Gasteiger partial charge in [0.25, 0.3) is 0 Å². The number of alkyl halides is 3. The summed E-state index contributed by atoms with van der Waals surface area (Å²) in [4.78, 5) is 11.8. The van der Waals surface area contributed by atoms with Gasteiger partial charge in [0.05, 0.1) is 11.3 Å². The number of aromatic hydroxyl groups is 1. The van der Waals surface area contributed by atoms with Gasteiger partial charge >= 0.3 is 12.2 Å². The van der Waals surface area contributed by atoms with Gasteiger partial charge in [-0.2, -0.15) is 13.2 Å². The second-order valence-corrected chi connectivity index (χ2v) is 4.90. The van der Waals surface area contributed by atoms with Crippen LogP contribution in [-0.4, -0.2) is 17.4 Å². The van der Waals surface area contributed by atoms with E-state index < -0.39 is 24.0 Å². The average molecular weight is 340 g/mol. The molecule has 128 valence electrons. The van der Waals surface area contributed by atoms with E-state index in [1.165, 1.54) is 43.3 Å². The van der Waals surface area contributed by atoms with Crippen molar-refractivity contribution in [1.29, 1.82) is 0 Å². The van der Waals surface area contributed by atoms with Gasteiger partial charge in [0.15, 0.2) is 6.23 Å². The summed E-state index contributed by atoms with van der Waals surface area (Å²) in [7, 11) is 0. The third-order valence-electron chi connectivity index (χ3n) is 2.96. The van der Waals surface area contributed by atoms with E-state index in [2.05, 4.69) is 10.6 Å². The Morgan fingerprint density at radius 2 is 1.75 bits per heavy atom. The van der Waals surface area contributed by atoms with E-state index in [4.69, 9.17) is 9.84 Å². The fraction of sp³-hybridized carbons (Fsp3) is 0.188. The molecule has 1 unspecified atom stereocenters. The van der Waals surface area contributed by atoms with Gasteiger partial charge < -0.3 is 20.5 Å². The molecule has 2 rings (SSSR count). The first-order valence-corrected chi connectivity index (χ1v) is 6.95.